The van der Waals surface area contributed by atoms with Crippen molar-refractivity contribution in [3.63, 3.8) is 0 Å². The second-order valence-corrected chi connectivity index (χ2v) is 5.62. The van der Waals surface area contributed by atoms with Gasteiger partial charge in [-0.25, -0.2) is 4.68 Å². The maximum absolute atomic E-state index is 12.0. The van der Waals surface area contributed by atoms with Crippen molar-refractivity contribution in [1.82, 2.24) is 9.78 Å². The minimum absolute atomic E-state index is 0.0612. The number of ether oxygens (including phenoxy) is 1. The summed E-state index contributed by atoms with van der Waals surface area (Å²) < 4.78 is 7.33. The van der Waals surface area contributed by atoms with Crippen LogP contribution >= 0.6 is 15.9 Å². The number of rotatable bonds is 4. The predicted molar refractivity (Wildman–Crippen MR) is 74.0 cm³/mol. The van der Waals surface area contributed by atoms with Crippen LogP contribution in [0.25, 0.3) is 0 Å². The summed E-state index contributed by atoms with van der Waals surface area (Å²) >= 11 is 3.34. The van der Waals surface area contributed by atoms with Gasteiger partial charge >= 0.3 is 0 Å². The molecule has 100 valence electrons. The molecule has 1 saturated heterocycles. The molecule has 1 aliphatic rings. The lowest BCUT2D eigenvalue weighted by Crippen LogP contribution is -2.26. The third-order valence-corrected chi connectivity index (χ3v) is 3.80. The lowest BCUT2D eigenvalue weighted by atomic mass is 10.1. The van der Waals surface area contributed by atoms with Crippen LogP contribution < -0.4 is 10.9 Å². The number of nitrogens with one attached hydrogen (secondary N) is 1. The fourth-order valence-electron chi connectivity index (χ4n) is 1.93. The largest absolute Gasteiger partial charge is 0.382 e. The first-order chi connectivity index (χ1) is 8.59. The van der Waals surface area contributed by atoms with Gasteiger partial charge in [0.25, 0.3) is 5.56 Å². The molecule has 0 bridgehead atoms. The Morgan fingerprint density at radius 1 is 1.67 bits per heavy atom. The van der Waals surface area contributed by atoms with E-state index < -0.39 is 0 Å². The monoisotopic (exact) mass is 315 g/mol. The lowest BCUT2D eigenvalue weighted by Gasteiger charge is -2.14. The number of hydrogen-bond acceptors (Lipinski definition) is 4. The van der Waals surface area contributed by atoms with Crippen LogP contribution in [0.5, 0.6) is 0 Å². The molecule has 2 heterocycles. The number of halogens is 1. The van der Waals surface area contributed by atoms with E-state index in [1.165, 1.54) is 4.68 Å². The van der Waals surface area contributed by atoms with Crippen molar-refractivity contribution in [2.45, 2.75) is 26.3 Å². The standard InChI is InChI=1S/C12H18BrN3O2/c1-8(2)16-12(17)11(13)10(6-15-16)14-5-9-3-4-18-7-9/h6,8-9,14H,3-5,7H2,1-2H3. The molecule has 1 fully saturated rings. The summed E-state index contributed by atoms with van der Waals surface area (Å²) in [5.41, 5.74) is 0.654. The smallest absolute Gasteiger partial charge is 0.283 e. The molecule has 1 aromatic rings. The second-order valence-electron chi connectivity index (χ2n) is 4.83. The molecule has 1 aromatic heterocycles. The molecular weight excluding hydrogens is 298 g/mol. The van der Waals surface area contributed by atoms with Gasteiger partial charge in [0, 0.05) is 19.1 Å². The van der Waals surface area contributed by atoms with Gasteiger partial charge in [-0.1, -0.05) is 0 Å². The highest BCUT2D eigenvalue weighted by Crippen LogP contribution is 2.19. The molecule has 1 atom stereocenters. The van der Waals surface area contributed by atoms with Crippen molar-refractivity contribution < 1.29 is 4.74 Å². The first-order valence-electron chi connectivity index (χ1n) is 6.18. The van der Waals surface area contributed by atoms with Gasteiger partial charge in [-0.3, -0.25) is 4.79 Å². The molecule has 1 unspecified atom stereocenters. The SMILES string of the molecule is CC(C)n1ncc(NCC2CCOC2)c(Br)c1=O. The van der Waals surface area contributed by atoms with Gasteiger partial charge in [-0.2, -0.15) is 5.10 Å². The van der Waals surface area contributed by atoms with Crippen molar-refractivity contribution in [3.05, 3.63) is 21.0 Å². The van der Waals surface area contributed by atoms with Crippen molar-refractivity contribution in [3.8, 4) is 0 Å². The van der Waals surface area contributed by atoms with Gasteiger partial charge in [0.2, 0.25) is 0 Å². The molecule has 6 heteroatoms. The lowest BCUT2D eigenvalue weighted by molar-refractivity contribution is 0.187. The topological polar surface area (TPSA) is 56.1 Å². The van der Waals surface area contributed by atoms with E-state index in [1.807, 2.05) is 13.8 Å². The highest BCUT2D eigenvalue weighted by atomic mass is 79.9. The molecule has 2 rings (SSSR count). The maximum atomic E-state index is 12.0. The molecule has 1 aliphatic heterocycles. The highest BCUT2D eigenvalue weighted by molar-refractivity contribution is 9.10. The Kier molecular flexibility index (Phi) is 4.40. The van der Waals surface area contributed by atoms with E-state index >= 15 is 0 Å². The third kappa shape index (κ3) is 2.92. The quantitative estimate of drug-likeness (QED) is 0.923. The van der Waals surface area contributed by atoms with E-state index in [-0.39, 0.29) is 11.6 Å². The van der Waals surface area contributed by atoms with Gasteiger partial charge < -0.3 is 10.1 Å². The average Bonchev–Trinajstić information content (AvgIpc) is 2.83. The number of aromatic nitrogens is 2. The van der Waals surface area contributed by atoms with Crippen molar-refractivity contribution >= 4 is 21.6 Å². The van der Waals surface area contributed by atoms with Crippen LogP contribution in [0.2, 0.25) is 0 Å². The van der Waals surface area contributed by atoms with E-state index in [9.17, 15) is 4.79 Å². The second kappa shape index (κ2) is 5.84. The van der Waals surface area contributed by atoms with Crippen LogP contribution in [0.3, 0.4) is 0 Å². The minimum Gasteiger partial charge on any atom is -0.382 e. The summed E-state index contributed by atoms with van der Waals surface area (Å²) in [6, 6.07) is 0.0612. The fraction of sp³-hybridized carbons (Fsp3) is 0.667. The first kappa shape index (κ1) is 13.5. The van der Waals surface area contributed by atoms with Crippen LogP contribution in [-0.2, 0) is 4.74 Å². The average molecular weight is 316 g/mol. The van der Waals surface area contributed by atoms with E-state index in [0.29, 0.717) is 10.4 Å². The van der Waals surface area contributed by atoms with E-state index in [0.717, 1.165) is 31.9 Å². The van der Waals surface area contributed by atoms with Crippen molar-refractivity contribution in [2.24, 2.45) is 5.92 Å². The molecule has 5 nitrogen and oxygen atoms in total. The Hall–Kier alpha value is -0.880. The predicted octanol–water partition coefficient (Wildman–Crippen LogP) is 2.04. The highest BCUT2D eigenvalue weighted by Gasteiger charge is 2.16. The summed E-state index contributed by atoms with van der Waals surface area (Å²) in [4.78, 5) is 12.0. The summed E-state index contributed by atoms with van der Waals surface area (Å²) in [6.45, 7) is 6.31. The molecule has 0 aromatic carbocycles. The molecule has 18 heavy (non-hydrogen) atoms. The number of nitrogens with zero attached hydrogens (tertiary/aromatic N) is 2. The van der Waals surface area contributed by atoms with Gasteiger partial charge in [0.1, 0.15) is 4.47 Å². The van der Waals surface area contributed by atoms with Crippen LogP contribution in [-0.4, -0.2) is 29.5 Å². The van der Waals surface area contributed by atoms with Crippen LogP contribution in [0.1, 0.15) is 26.3 Å². The van der Waals surface area contributed by atoms with Crippen molar-refractivity contribution in [1.29, 1.82) is 0 Å². The summed E-state index contributed by atoms with van der Waals surface area (Å²) in [7, 11) is 0. The van der Waals surface area contributed by atoms with E-state index in [4.69, 9.17) is 4.74 Å². The molecule has 0 spiro atoms. The van der Waals surface area contributed by atoms with E-state index in [1.54, 1.807) is 6.20 Å². The third-order valence-electron chi connectivity index (χ3n) is 3.04. The van der Waals surface area contributed by atoms with Crippen LogP contribution in [0.4, 0.5) is 5.69 Å². The Labute approximate surface area is 115 Å². The fourth-order valence-corrected chi connectivity index (χ4v) is 2.36. The molecule has 0 amide bonds. The van der Waals surface area contributed by atoms with Crippen molar-refractivity contribution in [2.75, 3.05) is 25.1 Å². The first-order valence-corrected chi connectivity index (χ1v) is 6.98. The zero-order valence-electron chi connectivity index (χ0n) is 10.6. The Morgan fingerprint density at radius 3 is 3.06 bits per heavy atom. The molecular formula is C12H18BrN3O2. The summed E-state index contributed by atoms with van der Waals surface area (Å²) in [5, 5.41) is 7.42. The maximum Gasteiger partial charge on any atom is 0.283 e. The Morgan fingerprint density at radius 2 is 2.44 bits per heavy atom. The van der Waals surface area contributed by atoms with Gasteiger partial charge in [-0.05, 0) is 36.2 Å². The number of anilines is 1. The molecule has 0 saturated carbocycles. The minimum atomic E-state index is -0.0994. The Bertz CT molecular complexity index is 467. The summed E-state index contributed by atoms with van der Waals surface area (Å²) in [6.07, 6.45) is 2.77. The van der Waals surface area contributed by atoms with Crippen LogP contribution in [0.15, 0.2) is 15.5 Å². The normalized spacial score (nSPS) is 19.4. The summed E-state index contributed by atoms with van der Waals surface area (Å²) in [5.74, 6) is 0.518. The number of hydrogen-bond donors (Lipinski definition) is 1. The van der Waals surface area contributed by atoms with E-state index in [2.05, 4.69) is 26.3 Å². The van der Waals surface area contributed by atoms with Gasteiger partial charge in [0.05, 0.1) is 24.5 Å². The van der Waals surface area contributed by atoms with Gasteiger partial charge in [0.15, 0.2) is 0 Å². The van der Waals surface area contributed by atoms with Gasteiger partial charge in [-0.15, -0.1) is 0 Å². The zero-order valence-corrected chi connectivity index (χ0v) is 12.2. The molecule has 0 aliphatic carbocycles. The molecule has 1 N–H and O–H groups in total. The van der Waals surface area contributed by atoms with Crippen LogP contribution in [0, 0.1) is 5.92 Å². The molecule has 0 radical (unpaired) electrons. The Balaban J connectivity index is 2.09. The zero-order chi connectivity index (χ0) is 13.1.